The van der Waals surface area contributed by atoms with Gasteiger partial charge in [-0.25, -0.2) is 4.79 Å². The van der Waals surface area contributed by atoms with Crippen molar-refractivity contribution < 1.29 is 9.59 Å². The van der Waals surface area contributed by atoms with Gasteiger partial charge in [0.25, 0.3) is 5.91 Å². The lowest BCUT2D eigenvalue weighted by atomic mass is 9.74. The van der Waals surface area contributed by atoms with Crippen molar-refractivity contribution in [1.82, 2.24) is 20.1 Å². The number of imide groups is 1. The number of rotatable bonds is 8. The molecule has 6 heteroatoms. The van der Waals surface area contributed by atoms with Gasteiger partial charge in [-0.3, -0.25) is 19.6 Å². The van der Waals surface area contributed by atoms with Crippen molar-refractivity contribution in [3.63, 3.8) is 0 Å². The first-order chi connectivity index (χ1) is 18.1. The van der Waals surface area contributed by atoms with Gasteiger partial charge in [0.1, 0.15) is 5.54 Å². The number of aryl methyl sites for hydroxylation is 1. The molecule has 0 spiro atoms. The molecule has 0 saturated carbocycles. The van der Waals surface area contributed by atoms with Gasteiger partial charge in [-0.15, -0.1) is 5.92 Å². The standard InChI is InChI=1S/C31H34N4O2/c1-2-3-20-35-29(36)31(33-30(35)37,18-8-12-24-10-5-4-6-11-24)27-16-21-34(22-17-27)23-26-14-7-13-25-15-9-19-32-28(25)26/h4-7,9-11,13-15,19,27H,8,12,16-18,20-23H2,1H3,(H,33,37)/t31-/m1/s1. The van der Waals surface area contributed by atoms with Crippen LogP contribution in [0.25, 0.3) is 10.9 Å². The number of hydrogen-bond donors (Lipinski definition) is 1. The van der Waals surface area contributed by atoms with E-state index < -0.39 is 5.54 Å². The molecule has 3 aromatic rings. The van der Waals surface area contributed by atoms with Crippen molar-refractivity contribution >= 4 is 22.8 Å². The number of carbonyl (C=O) groups is 2. The number of para-hydroxylation sites is 1. The van der Waals surface area contributed by atoms with Gasteiger partial charge < -0.3 is 5.32 Å². The molecule has 3 amide bonds. The maximum absolute atomic E-state index is 13.8. The molecule has 6 nitrogen and oxygen atoms in total. The molecule has 0 bridgehead atoms. The van der Waals surface area contributed by atoms with E-state index >= 15 is 0 Å². The second-order valence-corrected chi connectivity index (χ2v) is 10.1. The monoisotopic (exact) mass is 494 g/mol. The lowest BCUT2D eigenvalue weighted by Gasteiger charge is -2.41. The smallest absolute Gasteiger partial charge is 0.323 e. The first-order valence-electron chi connectivity index (χ1n) is 13.2. The van der Waals surface area contributed by atoms with Gasteiger partial charge in [0, 0.05) is 18.1 Å². The van der Waals surface area contributed by atoms with Crippen molar-refractivity contribution in [2.75, 3.05) is 19.6 Å². The fraction of sp³-hybridized carbons (Fsp3) is 0.387. The Labute approximate surface area is 219 Å². The summed E-state index contributed by atoms with van der Waals surface area (Å²) in [7, 11) is 0. The minimum atomic E-state index is -0.853. The topological polar surface area (TPSA) is 65.5 Å². The number of amides is 3. The van der Waals surface area contributed by atoms with E-state index in [-0.39, 0.29) is 24.4 Å². The quantitative estimate of drug-likeness (QED) is 0.361. The highest BCUT2D eigenvalue weighted by Crippen LogP contribution is 2.38. The van der Waals surface area contributed by atoms with Crippen LogP contribution in [0.2, 0.25) is 0 Å². The second kappa shape index (κ2) is 11.1. The fourth-order valence-corrected chi connectivity index (χ4v) is 5.93. The summed E-state index contributed by atoms with van der Waals surface area (Å²) in [6, 6.07) is 20.4. The normalized spacial score (nSPS) is 20.6. The van der Waals surface area contributed by atoms with Gasteiger partial charge in [0.05, 0.1) is 12.1 Å². The summed E-state index contributed by atoms with van der Waals surface area (Å²) in [5.41, 5.74) is 2.68. The van der Waals surface area contributed by atoms with E-state index in [9.17, 15) is 9.59 Å². The average Bonchev–Trinajstić information content (AvgIpc) is 3.18. The fourth-order valence-electron chi connectivity index (χ4n) is 5.93. The van der Waals surface area contributed by atoms with Crippen LogP contribution in [0.3, 0.4) is 0 Å². The SMILES string of the molecule is CC#CCN1C(=O)N[C@](CCCc2ccccc2)(C2CCN(Cc3cccc4cccnc34)CC2)C1=O. The van der Waals surface area contributed by atoms with E-state index in [2.05, 4.69) is 63.4 Å². The highest BCUT2D eigenvalue weighted by Gasteiger charge is 2.55. The lowest BCUT2D eigenvalue weighted by Crippen LogP contribution is -2.56. The Kier molecular flexibility index (Phi) is 7.52. The minimum Gasteiger partial charge on any atom is -0.323 e. The molecule has 0 aliphatic carbocycles. The maximum atomic E-state index is 13.8. The molecule has 2 aromatic carbocycles. The van der Waals surface area contributed by atoms with Gasteiger partial charge in [0.2, 0.25) is 0 Å². The molecular weight excluding hydrogens is 460 g/mol. The summed E-state index contributed by atoms with van der Waals surface area (Å²) < 4.78 is 0. The van der Waals surface area contributed by atoms with Crippen LogP contribution in [-0.2, 0) is 17.8 Å². The van der Waals surface area contributed by atoms with Gasteiger partial charge in [-0.2, -0.15) is 0 Å². The van der Waals surface area contributed by atoms with E-state index in [1.54, 1.807) is 6.92 Å². The summed E-state index contributed by atoms with van der Waals surface area (Å²) in [6.07, 6.45) is 5.94. The van der Waals surface area contributed by atoms with Gasteiger partial charge in [0.15, 0.2) is 0 Å². The number of benzene rings is 2. The first kappa shape index (κ1) is 25.0. The zero-order valence-corrected chi connectivity index (χ0v) is 21.5. The molecule has 2 aliphatic heterocycles. The van der Waals surface area contributed by atoms with Crippen molar-refractivity contribution in [1.29, 1.82) is 0 Å². The van der Waals surface area contributed by atoms with Crippen LogP contribution in [0.15, 0.2) is 66.9 Å². The third kappa shape index (κ3) is 5.23. The predicted molar refractivity (Wildman–Crippen MR) is 146 cm³/mol. The van der Waals surface area contributed by atoms with E-state index in [4.69, 9.17) is 0 Å². The van der Waals surface area contributed by atoms with Crippen LogP contribution in [0, 0.1) is 17.8 Å². The van der Waals surface area contributed by atoms with Gasteiger partial charge in [-0.05, 0) is 75.2 Å². The number of pyridine rings is 1. The molecule has 190 valence electrons. The summed E-state index contributed by atoms with van der Waals surface area (Å²) in [6.45, 7) is 4.47. The van der Waals surface area contributed by atoms with Crippen molar-refractivity contribution in [3.8, 4) is 11.8 Å². The Hall–Kier alpha value is -3.69. The van der Waals surface area contributed by atoms with Crippen molar-refractivity contribution in [3.05, 3.63) is 78.0 Å². The van der Waals surface area contributed by atoms with E-state index in [0.717, 1.165) is 56.2 Å². The second-order valence-electron chi connectivity index (χ2n) is 10.1. The van der Waals surface area contributed by atoms with E-state index in [1.165, 1.54) is 16.0 Å². The third-order valence-electron chi connectivity index (χ3n) is 7.89. The Morgan fingerprint density at radius 2 is 1.81 bits per heavy atom. The highest BCUT2D eigenvalue weighted by molar-refractivity contribution is 6.07. The number of urea groups is 1. The molecule has 2 fully saturated rings. The molecule has 3 heterocycles. The number of nitrogens with one attached hydrogen (secondary N) is 1. The van der Waals surface area contributed by atoms with Crippen molar-refractivity contribution in [2.45, 2.75) is 51.1 Å². The van der Waals surface area contributed by atoms with Crippen LogP contribution in [0.1, 0.15) is 43.7 Å². The number of fused-ring (bicyclic) bond motifs is 1. The molecule has 0 unspecified atom stereocenters. The van der Waals surface area contributed by atoms with Crippen LogP contribution in [0.4, 0.5) is 4.79 Å². The Bertz CT molecular complexity index is 1320. The molecule has 1 atom stereocenters. The molecule has 5 rings (SSSR count). The molecule has 37 heavy (non-hydrogen) atoms. The number of piperidine rings is 1. The molecule has 2 saturated heterocycles. The van der Waals surface area contributed by atoms with E-state index in [0.29, 0.717) is 6.42 Å². The highest BCUT2D eigenvalue weighted by atomic mass is 16.2. The molecule has 1 N–H and O–H groups in total. The maximum Gasteiger partial charge on any atom is 0.325 e. The summed E-state index contributed by atoms with van der Waals surface area (Å²) in [4.78, 5) is 35.0. The third-order valence-corrected chi connectivity index (χ3v) is 7.89. The van der Waals surface area contributed by atoms with Crippen LogP contribution >= 0.6 is 0 Å². The Morgan fingerprint density at radius 1 is 1.03 bits per heavy atom. The summed E-state index contributed by atoms with van der Waals surface area (Å²) in [5.74, 6) is 5.71. The Balaban J connectivity index is 1.30. The number of carbonyl (C=O) groups excluding carboxylic acids is 2. The van der Waals surface area contributed by atoms with Gasteiger partial charge >= 0.3 is 6.03 Å². The predicted octanol–water partition coefficient (Wildman–Crippen LogP) is 4.78. The minimum absolute atomic E-state index is 0.0983. The van der Waals surface area contributed by atoms with Crippen LogP contribution in [0.5, 0.6) is 0 Å². The molecule has 0 radical (unpaired) electrons. The number of nitrogens with zero attached hydrogens (tertiary/aromatic N) is 3. The van der Waals surface area contributed by atoms with Crippen LogP contribution in [-0.4, -0.2) is 51.9 Å². The number of likely N-dealkylation sites (tertiary alicyclic amines) is 1. The first-order valence-corrected chi connectivity index (χ1v) is 13.2. The summed E-state index contributed by atoms with van der Waals surface area (Å²) >= 11 is 0. The molecule has 1 aromatic heterocycles. The summed E-state index contributed by atoms with van der Waals surface area (Å²) in [5, 5.41) is 4.32. The van der Waals surface area contributed by atoms with E-state index in [1.807, 2.05) is 30.5 Å². The van der Waals surface area contributed by atoms with Crippen LogP contribution < -0.4 is 5.32 Å². The molecular formula is C31H34N4O2. The molecule has 2 aliphatic rings. The zero-order chi connectivity index (χ0) is 25.7. The number of hydrogen-bond acceptors (Lipinski definition) is 4. The zero-order valence-electron chi connectivity index (χ0n) is 21.5. The average molecular weight is 495 g/mol. The lowest BCUT2D eigenvalue weighted by molar-refractivity contribution is -0.134. The number of aromatic nitrogens is 1. The van der Waals surface area contributed by atoms with Gasteiger partial charge in [-0.1, -0.05) is 60.5 Å². The van der Waals surface area contributed by atoms with Crippen molar-refractivity contribution in [2.24, 2.45) is 5.92 Å². The largest absolute Gasteiger partial charge is 0.325 e. The Morgan fingerprint density at radius 3 is 2.59 bits per heavy atom.